The van der Waals surface area contributed by atoms with Crippen molar-refractivity contribution in [3.05, 3.63) is 71.5 Å². The molecule has 59 heavy (non-hydrogen) atoms. The Kier molecular flexibility index (Phi) is 12.2. The van der Waals surface area contributed by atoms with Crippen LogP contribution >= 0.6 is 0 Å². The van der Waals surface area contributed by atoms with Crippen LogP contribution in [0.5, 0.6) is 5.75 Å². The molecular weight excluding hydrogens is 747 g/mol. The van der Waals surface area contributed by atoms with Crippen molar-refractivity contribution in [1.29, 1.82) is 0 Å². The Balaban J connectivity index is 1.33. The number of esters is 1. The number of hydrazine groups is 1. The number of amides is 3. The Labute approximate surface area is 346 Å². The third-order valence-corrected chi connectivity index (χ3v) is 12.1. The van der Waals surface area contributed by atoms with Crippen LogP contribution in [0.1, 0.15) is 71.1 Å². The molecule has 4 atom stereocenters. The summed E-state index contributed by atoms with van der Waals surface area (Å²) in [5, 5.41) is 19.8. The molecule has 7 rings (SSSR count). The van der Waals surface area contributed by atoms with Gasteiger partial charge in [-0.25, -0.2) is 5.43 Å². The van der Waals surface area contributed by atoms with Crippen LogP contribution in [-0.2, 0) is 49.7 Å². The highest BCUT2D eigenvalue weighted by atomic mass is 16.5. The molecule has 3 aliphatic rings. The zero-order chi connectivity index (χ0) is 42.2. The molecule has 0 aliphatic carbocycles. The lowest BCUT2D eigenvalue weighted by Gasteiger charge is -2.36. The number of nitrogens with one attached hydrogen (secondary N) is 3. The van der Waals surface area contributed by atoms with E-state index < -0.39 is 35.3 Å². The second-order valence-electron chi connectivity index (χ2n) is 17.6. The van der Waals surface area contributed by atoms with Gasteiger partial charge in [-0.15, -0.1) is 0 Å². The Hall–Kier alpha value is -5.27. The number of pyridine rings is 1. The molecule has 2 aromatic heterocycles. The average molecular weight is 806 g/mol. The van der Waals surface area contributed by atoms with Gasteiger partial charge in [0.1, 0.15) is 17.8 Å². The van der Waals surface area contributed by atoms with E-state index in [1.54, 1.807) is 24.1 Å². The zero-order valence-electron chi connectivity index (χ0n) is 35.4. The fraction of sp³-hybridized carbons (Fsp3) is 0.500. The number of likely N-dealkylation sites (N-methyl/N-ethyl adjacent to an activating group) is 1. The SMILES string of the molecule is CCc1ccncc1-c1c2c3cc(ccc3n1CC)-c1cc(O)cc(c1)C[C@H](NC(=O)[C@@H](CN(C)C(=O)[C@H]1CN1)C(C)C)C(=O)N1CCC[C@H](N1)C(=O)OCC(C)(C)C2. The van der Waals surface area contributed by atoms with Crippen LogP contribution in [-0.4, -0.2) is 99.7 Å². The molecule has 4 aromatic rings. The van der Waals surface area contributed by atoms with Crippen molar-refractivity contribution in [3.8, 4) is 28.1 Å². The van der Waals surface area contributed by atoms with Crippen LogP contribution in [0.15, 0.2) is 54.9 Å². The highest BCUT2D eigenvalue weighted by Gasteiger charge is 2.38. The minimum Gasteiger partial charge on any atom is -0.508 e. The van der Waals surface area contributed by atoms with E-state index >= 15 is 0 Å². The smallest absolute Gasteiger partial charge is 0.324 e. The van der Waals surface area contributed by atoms with Gasteiger partial charge < -0.3 is 29.9 Å². The van der Waals surface area contributed by atoms with Gasteiger partial charge in [-0.05, 0) is 96.7 Å². The molecule has 3 amide bonds. The summed E-state index contributed by atoms with van der Waals surface area (Å²) in [5.41, 5.74) is 10.5. The molecule has 2 fully saturated rings. The van der Waals surface area contributed by atoms with E-state index in [1.165, 1.54) is 10.6 Å². The van der Waals surface area contributed by atoms with Gasteiger partial charge in [0.05, 0.1) is 24.3 Å². The first-order valence-electron chi connectivity index (χ1n) is 21.1. The Morgan fingerprint density at radius 3 is 2.59 bits per heavy atom. The third kappa shape index (κ3) is 9.01. The molecule has 6 bridgehead atoms. The van der Waals surface area contributed by atoms with Gasteiger partial charge in [0.2, 0.25) is 11.8 Å². The maximum atomic E-state index is 14.5. The van der Waals surface area contributed by atoms with Crippen molar-refractivity contribution >= 4 is 34.6 Å². The van der Waals surface area contributed by atoms with Crippen molar-refractivity contribution < 1.29 is 29.0 Å². The number of cyclic esters (lactones) is 1. The van der Waals surface area contributed by atoms with E-state index in [2.05, 4.69) is 77.6 Å². The molecule has 13 nitrogen and oxygen atoms in total. The molecule has 5 heterocycles. The second-order valence-corrected chi connectivity index (χ2v) is 17.6. The zero-order valence-corrected chi connectivity index (χ0v) is 35.4. The molecule has 314 valence electrons. The van der Waals surface area contributed by atoms with Crippen LogP contribution < -0.4 is 16.1 Å². The van der Waals surface area contributed by atoms with Crippen molar-refractivity contribution in [3.63, 3.8) is 0 Å². The van der Waals surface area contributed by atoms with Gasteiger partial charge in [0.15, 0.2) is 0 Å². The van der Waals surface area contributed by atoms with Crippen LogP contribution in [0.4, 0.5) is 0 Å². The summed E-state index contributed by atoms with van der Waals surface area (Å²) in [7, 11) is 1.69. The number of hydrogen-bond donors (Lipinski definition) is 4. The number of carbonyl (C=O) groups excluding carboxylic acids is 4. The van der Waals surface area contributed by atoms with E-state index in [4.69, 9.17) is 4.74 Å². The molecule has 0 spiro atoms. The average Bonchev–Trinajstić information content (AvgIpc) is 4.03. The molecule has 0 saturated carbocycles. The maximum Gasteiger partial charge on any atom is 0.324 e. The number of rotatable bonds is 9. The van der Waals surface area contributed by atoms with Gasteiger partial charge in [-0.2, -0.15) is 0 Å². The number of carbonyl (C=O) groups is 4. The number of fused-ring (bicyclic) bond motifs is 6. The lowest BCUT2D eigenvalue weighted by atomic mass is 9.84. The summed E-state index contributed by atoms with van der Waals surface area (Å²) in [6.45, 7) is 14.4. The fourth-order valence-corrected chi connectivity index (χ4v) is 8.72. The Bertz CT molecular complexity index is 2240. The van der Waals surface area contributed by atoms with E-state index in [9.17, 15) is 24.3 Å². The molecular formula is C46H59N7O6. The number of aromatic hydroxyl groups is 1. The van der Waals surface area contributed by atoms with Crippen molar-refractivity contribution in [2.45, 2.75) is 98.3 Å². The van der Waals surface area contributed by atoms with E-state index in [-0.39, 0.29) is 49.1 Å². The second kappa shape index (κ2) is 17.1. The monoisotopic (exact) mass is 805 g/mol. The van der Waals surface area contributed by atoms with Crippen LogP contribution in [0.3, 0.4) is 0 Å². The number of nitrogens with zero attached hydrogens (tertiary/aromatic N) is 4. The largest absolute Gasteiger partial charge is 0.508 e. The third-order valence-electron chi connectivity index (χ3n) is 12.1. The van der Waals surface area contributed by atoms with Crippen molar-refractivity contribution in [2.75, 3.05) is 33.3 Å². The Morgan fingerprint density at radius 2 is 1.88 bits per heavy atom. The lowest BCUT2D eigenvalue weighted by molar-refractivity contribution is -0.155. The van der Waals surface area contributed by atoms with Crippen LogP contribution in [0.25, 0.3) is 33.3 Å². The van der Waals surface area contributed by atoms with Gasteiger partial charge in [-0.1, -0.05) is 46.8 Å². The number of phenols is 1. The number of benzene rings is 2. The van der Waals surface area contributed by atoms with Gasteiger partial charge in [0.25, 0.3) is 5.91 Å². The van der Waals surface area contributed by atoms with Crippen molar-refractivity contribution in [1.82, 2.24) is 35.5 Å². The molecule has 0 radical (unpaired) electrons. The summed E-state index contributed by atoms with van der Waals surface area (Å²) < 4.78 is 8.42. The summed E-state index contributed by atoms with van der Waals surface area (Å²) >= 11 is 0. The Morgan fingerprint density at radius 1 is 1.10 bits per heavy atom. The topological polar surface area (TPSA) is 168 Å². The molecule has 0 unspecified atom stereocenters. The molecule has 2 aromatic carbocycles. The van der Waals surface area contributed by atoms with Gasteiger partial charge in [-0.3, -0.25) is 29.2 Å². The van der Waals surface area contributed by atoms with Gasteiger partial charge >= 0.3 is 5.97 Å². The van der Waals surface area contributed by atoms with Gasteiger partial charge in [0, 0.05) is 73.9 Å². The predicted octanol–water partition coefficient (Wildman–Crippen LogP) is 5.01. The van der Waals surface area contributed by atoms with E-state index in [0.717, 1.165) is 51.8 Å². The first-order valence-corrected chi connectivity index (χ1v) is 21.1. The van der Waals surface area contributed by atoms with Crippen LogP contribution in [0, 0.1) is 17.3 Å². The highest BCUT2D eigenvalue weighted by molar-refractivity contribution is 5.96. The molecule has 3 aliphatic heterocycles. The summed E-state index contributed by atoms with van der Waals surface area (Å²) in [4.78, 5) is 61.4. The number of phenolic OH excluding ortho intramolecular Hbond substituents is 1. The number of aryl methyl sites for hydroxylation is 2. The van der Waals surface area contributed by atoms with E-state index in [1.807, 2.05) is 32.3 Å². The van der Waals surface area contributed by atoms with Crippen LogP contribution in [0.2, 0.25) is 0 Å². The minimum absolute atomic E-state index is 0.0356. The lowest BCUT2D eigenvalue weighted by Crippen LogP contribution is -2.61. The number of ether oxygens (including phenoxy) is 1. The summed E-state index contributed by atoms with van der Waals surface area (Å²) in [5.74, 6) is -1.96. The predicted molar refractivity (Wildman–Crippen MR) is 227 cm³/mol. The molecule has 13 heteroatoms. The molecule has 2 saturated heterocycles. The maximum absolute atomic E-state index is 14.5. The normalized spacial score (nSPS) is 21.2. The first-order chi connectivity index (χ1) is 28.2. The quantitative estimate of drug-likeness (QED) is 0.134. The van der Waals surface area contributed by atoms with Crippen molar-refractivity contribution in [2.24, 2.45) is 17.3 Å². The highest BCUT2D eigenvalue weighted by Crippen LogP contribution is 2.41. The minimum atomic E-state index is -1.05. The number of hydrogen-bond acceptors (Lipinski definition) is 9. The summed E-state index contributed by atoms with van der Waals surface area (Å²) in [6, 6.07) is 11.7. The standard InChI is InChI=1S/C46H59N7O6/c1-8-29-14-15-47-23-35(29)41-34-22-46(5,6)26-59-45(58)37-11-10-16-53(50-37)44(57)38(49-42(55)36(27(3)4)25-51(7)43(56)39-24-48-39)19-28-17-31(20-32(54)18-28)30-12-13-40(33(34)21-30)52(41)9-2/h12-15,17-18,20-21,23,27,36-39,48,50,54H,8-11,16,19,22,24-26H2,1-7H3,(H,49,55)/t36-,37-,38-,39+/m0/s1. The van der Waals surface area contributed by atoms with E-state index in [0.29, 0.717) is 37.9 Å². The first kappa shape index (κ1) is 41.9. The fourth-order valence-electron chi connectivity index (χ4n) is 8.72. The summed E-state index contributed by atoms with van der Waals surface area (Å²) in [6.07, 6.45) is 6.33. The molecule has 4 N–H and O–H groups in total. The number of aromatic nitrogens is 2.